The zero-order valence-corrected chi connectivity index (χ0v) is 13.5. The number of benzene rings is 1. The van der Waals surface area contributed by atoms with Gasteiger partial charge in [-0.05, 0) is 26.0 Å². The van der Waals surface area contributed by atoms with Crippen molar-refractivity contribution in [2.75, 3.05) is 16.3 Å². The molecule has 0 aliphatic rings. The molecule has 1 aromatic heterocycles. The number of amides is 1. The van der Waals surface area contributed by atoms with Gasteiger partial charge < -0.3 is 0 Å². The van der Waals surface area contributed by atoms with Crippen molar-refractivity contribution in [1.29, 1.82) is 0 Å². The molecule has 0 fully saturated rings. The van der Waals surface area contributed by atoms with Gasteiger partial charge in [-0.15, -0.1) is 5.10 Å². The van der Waals surface area contributed by atoms with Crippen molar-refractivity contribution in [3.8, 4) is 0 Å². The van der Waals surface area contributed by atoms with Crippen LogP contribution < -0.4 is 10.0 Å². The Morgan fingerprint density at radius 1 is 1.27 bits per heavy atom. The van der Waals surface area contributed by atoms with Gasteiger partial charge in [0, 0.05) is 7.05 Å². The van der Waals surface area contributed by atoms with Crippen LogP contribution in [0, 0.1) is 13.8 Å². The molecule has 0 bridgehead atoms. The number of carbonyl (C=O) groups excluding carboxylic acids is 1. The highest BCUT2D eigenvalue weighted by Gasteiger charge is 2.16. The summed E-state index contributed by atoms with van der Waals surface area (Å²) in [5, 5.41) is 6.59. The first-order chi connectivity index (χ1) is 10.2. The van der Waals surface area contributed by atoms with Gasteiger partial charge in [-0.3, -0.25) is 19.5 Å². The minimum absolute atomic E-state index is 0.164. The van der Waals surface area contributed by atoms with Gasteiger partial charge >= 0.3 is 0 Å². The number of anilines is 2. The van der Waals surface area contributed by atoms with Crippen LogP contribution in [0.4, 0.5) is 11.6 Å². The Morgan fingerprint density at radius 2 is 1.95 bits per heavy atom. The summed E-state index contributed by atoms with van der Waals surface area (Å²) < 4.78 is 26.6. The summed E-state index contributed by atoms with van der Waals surface area (Å²) in [6.45, 7) is 3.57. The van der Waals surface area contributed by atoms with E-state index in [-0.39, 0.29) is 17.2 Å². The number of aryl methyl sites for hydroxylation is 3. The highest BCUT2D eigenvalue weighted by atomic mass is 32.2. The molecule has 2 N–H and O–H groups in total. The van der Waals surface area contributed by atoms with Crippen molar-refractivity contribution in [3.05, 3.63) is 35.2 Å². The lowest BCUT2D eigenvalue weighted by molar-refractivity contribution is 0.102. The van der Waals surface area contributed by atoms with Gasteiger partial charge in [0.2, 0.25) is 16.0 Å². The first-order valence-electron chi connectivity index (χ1n) is 6.43. The summed E-state index contributed by atoms with van der Waals surface area (Å²) >= 11 is 0. The summed E-state index contributed by atoms with van der Waals surface area (Å²) in [6.07, 6.45) is 1.03. The second kappa shape index (κ2) is 5.76. The maximum Gasteiger partial charge on any atom is 0.260 e. The van der Waals surface area contributed by atoms with Crippen LogP contribution in [0.5, 0.6) is 0 Å². The zero-order valence-electron chi connectivity index (χ0n) is 12.7. The van der Waals surface area contributed by atoms with E-state index in [2.05, 4.69) is 20.1 Å². The highest BCUT2D eigenvalue weighted by Crippen LogP contribution is 2.19. The molecular formula is C13H17N5O3S. The van der Waals surface area contributed by atoms with E-state index in [1.165, 1.54) is 4.68 Å². The molecule has 0 radical (unpaired) electrons. The van der Waals surface area contributed by atoms with Crippen LogP contribution in [0.2, 0.25) is 0 Å². The fourth-order valence-electron chi connectivity index (χ4n) is 1.82. The molecule has 0 unspecified atom stereocenters. The van der Waals surface area contributed by atoms with Gasteiger partial charge in [-0.2, -0.15) is 4.98 Å². The minimum Gasteiger partial charge on any atom is -0.289 e. The number of nitrogens with one attached hydrogen (secondary N) is 2. The summed E-state index contributed by atoms with van der Waals surface area (Å²) in [6, 6.07) is 4.86. The monoisotopic (exact) mass is 323 g/mol. The van der Waals surface area contributed by atoms with Crippen molar-refractivity contribution in [3.63, 3.8) is 0 Å². The third-order valence-corrected chi connectivity index (χ3v) is 3.51. The Balaban J connectivity index is 2.33. The molecule has 0 aliphatic carbocycles. The predicted octanol–water partition coefficient (Wildman–Crippen LogP) is 1.06. The smallest absolute Gasteiger partial charge is 0.260 e. The molecular weight excluding hydrogens is 306 g/mol. The molecule has 0 saturated carbocycles. The molecule has 118 valence electrons. The van der Waals surface area contributed by atoms with Crippen LogP contribution in [0.25, 0.3) is 0 Å². The van der Waals surface area contributed by atoms with E-state index in [0.717, 1.165) is 11.8 Å². The number of rotatable bonds is 4. The Morgan fingerprint density at radius 3 is 2.50 bits per heavy atom. The van der Waals surface area contributed by atoms with Crippen LogP contribution in [0.3, 0.4) is 0 Å². The lowest BCUT2D eigenvalue weighted by atomic mass is 10.1. The van der Waals surface area contributed by atoms with Gasteiger partial charge in [0.1, 0.15) is 5.82 Å². The van der Waals surface area contributed by atoms with E-state index in [0.29, 0.717) is 5.82 Å². The largest absolute Gasteiger partial charge is 0.289 e. The Labute approximate surface area is 128 Å². The first-order valence-corrected chi connectivity index (χ1v) is 8.32. The molecule has 0 aliphatic heterocycles. The molecule has 22 heavy (non-hydrogen) atoms. The Hall–Kier alpha value is -2.42. The molecule has 2 rings (SSSR count). The summed E-state index contributed by atoms with van der Waals surface area (Å²) in [5.41, 5.74) is 1.24. The third-order valence-electron chi connectivity index (χ3n) is 2.92. The van der Waals surface area contributed by atoms with Crippen molar-refractivity contribution in [1.82, 2.24) is 14.8 Å². The average Bonchev–Trinajstić information content (AvgIpc) is 2.68. The van der Waals surface area contributed by atoms with Gasteiger partial charge in [0.25, 0.3) is 5.91 Å². The SMILES string of the molecule is Cc1ccc(NS(C)(=O)=O)c(C(=O)Nc2nc(C)n(C)n2)c1. The maximum absolute atomic E-state index is 12.4. The van der Waals surface area contributed by atoms with Crippen molar-refractivity contribution >= 4 is 27.6 Å². The van der Waals surface area contributed by atoms with Crippen LogP contribution in [-0.2, 0) is 17.1 Å². The number of sulfonamides is 1. The second-order valence-electron chi connectivity index (χ2n) is 4.98. The quantitative estimate of drug-likeness (QED) is 0.875. The van der Waals surface area contributed by atoms with Crippen LogP contribution in [-0.4, -0.2) is 35.3 Å². The van der Waals surface area contributed by atoms with E-state index in [1.807, 2.05) is 6.92 Å². The van der Waals surface area contributed by atoms with E-state index in [4.69, 9.17) is 0 Å². The first kappa shape index (κ1) is 16.0. The number of hydrogen-bond acceptors (Lipinski definition) is 5. The van der Waals surface area contributed by atoms with Gasteiger partial charge in [0.05, 0.1) is 17.5 Å². The molecule has 1 heterocycles. The van der Waals surface area contributed by atoms with Gasteiger partial charge in [-0.25, -0.2) is 8.42 Å². The summed E-state index contributed by atoms with van der Waals surface area (Å²) in [4.78, 5) is 16.4. The molecule has 0 atom stereocenters. The lowest BCUT2D eigenvalue weighted by Crippen LogP contribution is -2.18. The lowest BCUT2D eigenvalue weighted by Gasteiger charge is -2.10. The van der Waals surface area contributed by atoms with Crippen molar-refractivity contribution < 1.29 is 13.2 Å². The van der Waals surface area contributed by atoms with E-state index >= 15 is 0 Å². The van der Waals surface area contributed by atoms with E-state index < -0.39 is 15.9 Å². The molecule has 0 spiro atoms. The summed E-state index contributed by atoms with van der Waals surface area (Å²) in [5.74, 6) is 0.325. The third kappa shape index (κ3) is 3.82. The Bertz CT molecular complexity index is 807. The highest BCUT2D eigenvalue weighted by molar-refractivity contribution is 7.92. The fourth-order valence-corrected chi connectivity index (χ4v) is 2.40. The van der Waals surface area contributed by atoms with Crippen molar-refractivity contribution in [2.24, 2.45) is 7.05 Å². The minimum atomic E-state index is -3.49. The fraction of sp³-hybridized carbons (Fsp3) is 0.308. The normalized spacial score (nSPS) is 11.3. The number of hydrogen-bond donors (Lipinski definition) is 2. The molecule has 1 aromatic carbocycles. The number of carbonyl (C=O) groups is 1. The van der Waals surface area contributed by atoms with Crippen LogP contribution in [0.15, 0.2) is 18.2 Å². The predicted molar refractivity (Wildman–Crippen MR) is 83.3 cm³/mol. The standard InChI is InChI=1S/C13H17N5O3S/c1-8-5-6-11(17-22(4,20)21)10(7-8)12(19)15-13-14-9(2)18(3)16-13/h5-7,17H,1-4H3,(H,15,16,19). The molecule has 0 saturated heterocycles. The summed E-state index contributed by atoms with van der Waals surface area (Å²) in [7, 11) is -1.78. The number of aromatic nitrogens is 3. The van der Waals surface area contributed by atoms with E-state index in [9.17, 15) is 13.2 Å². The second-order valence-corrected chi connectivity index (χ2v) is 6.73. The maximum atomic E-state index is 12.4. The number of nitrogens with zero attached hydrogens (tertiary/aromatic N) is 3. The molecule has 2 aromatic rings. The molecule has 8 nitrogen and oxygen atoms in total. The zero-order chi connectivity index (χ0) is 16.5. The van der Waals surface area contributed by atoms with Crippen LogP contribution in [0.1, 0.15) is 21.7 Å². The molecule has 1 amide bonds. The van der Waals surface area contributed by atoms with E-state index in [1.54, 1.807) is 32.2 Å². The van der Waals surface area contributed by atoms with Gasteiger partial charge in [0.15, 0.2) is 0 Å². The molecule has 9 heteroatoms. The topological polar surface area (TPSA) is 106 Å². The van der Waals surface area contributed by atoms with Crippen LogP contribution >= 0.6 is 0 Å². The Kier molecular flexibility index (Phi) is 4.18. The van der Waals surface area contributed by atoms with Gasteiger partial charge in [-0.1, -0.05) is 11.6 Å². The average molecular weight is 323 g/mol. The van der Waals surface area contributed by atoms with Crippen molar-refractivity contribution in [2.45, 2.75) is 13.8 Å².